The van der Waals surface area contributed by atoms with Crippen molar-refractivity contribution >= 4 is 6.09 Å². The summed E-state index contributed by atoms with van der Waals surface area (Å²) in [6.07, 6.45) is 9.65. The number of alkyl carbamates (subject to hydrolysis) is 1. The van der Waals surface area contributed by atoms with Gasteiger partial charge in [0.1, 0.15) is 5.60 Å². The van der Waals surface area contributed by atoms with Gasteiger partial charge in [-0.25, -0.2) is 4.79 Å². The third kappa shape index (κ3) is 4.14. The molecule has 1 fully saturated rings. The Bertz CT molecular complexity index is 279. The molecule has 1 atom stereocenters. The Hall–Kier alpha value is -1.17. The highest BCUT2D eigenvalue weighted by molar-refractivity contribution is 5.68. The molecule has 0 aromatic carbocycles. The van der Waals surface area contributed by atoms with Crippen molar-refractivity contribution in [1.29, 1.82) is 0 Å². The van der Waals surface area contributed by atoms with Crippen molar-refractivity contribution in [2.24, 2.45) is 5.92 Å². The molecule has 0 bridgehead atoms. The first-order valence-corrected chi connectivity index (χ1v) is 5.88. The molecule has 1 saturated carbocycles. The van der Waals surface area contributed by atoms with E-state index >= 15 is 0 Å². The lowest BCUT2D eigenvalue weighted by atomic mass is 9.99. The first-order chi connectivity index (χ1) is 7.42. The van der Waals surface area contributed by atoms with Crippen LogP contribution in [0.5, 0.6) is 0 Å². The Kier molecular flexibility index (Phi) is 4.23. The molecule has 0 heterocycles. The molecule has 1 amide bonds. The van der Waals surface area contributed by atoms with Crippen LogP contribution in [0, 0.1) is 18.3 Å². The van der Waals surface area contributed by atoms with Crippen molar-refractivity contribution in [1.82, 2.24) is 5.32 Å². The van der Waals surface area contributed by atoms with Gasteiger partial charge in [-0.2, -0.15) is 0 Å². The van der Waals surface area contributed by atoms with E-state index in [2.05, 4.69) is 11.2 Å². The number of carbonyl (C=O) groups excluding carboxylic acids is 1. The lowest BCUT2D eigenvalue weighted by Crippen LogP contribution is -2.41. The Labute approximate surface area is 97.9 Å². The minimum atomic E-state index is -0.473. The van der Waals surface area contributed by atoms with Crippen molar-refractivity contribution < 1.29 is 9.53 Å². The first-order valence-electron chi connectivity index (χ1n) is 5.88. The molecule has 3 nitrogen and oxygen atoms in total. The summed E-state index contributed by atoms with van der Waals surface area (Å²) in [6.45, 7) is 5.52. The fourth-order valence-corrected chi connectivity index (χ4v) is 2.02. The highest BCUT2D eigenvalue weighted by Crippen LogP contribution is 2.27. The summed E-state index contributed by atoms with van der Waals surface area (Å²) in [5, 5.41) is 2.77. The molecule has 0 aromatic rings. The monoisotopic (exact) mass is 223 g/mol. The zero-order valence-electron chi connectivity index (χ0n) is 10.4. The molecule has 0 radical (unpaired) electrons. The van der Waals surface area contributed by atoms with Gasteiger partial charge in [-0.1, -0.05) is 18.8 Å². The van der Waals surface area contributed by atoms with Crippen molar-refractivity contribution in [3.63, 3.8) is 0 Å². The molecule has 1 rings (SSSR count). The second-order valence-electron chi connectivity index (χ2n) is 5.34. The van der Waals surface area contributed by atoms with Gasteiger partial charge in [0.05, 0.1) is 6.04 Å². The van der Waals surface area contributed by atoms with Crippen LogP contribution in [0.4, 0.5) is 4.79 Å². The van der Waals surface area contributed by atoms with E-state index in [1.807, 2.05) is 20.8 Å². The highest BCUT2D eigenvalue weighted by atomic mass is 16.6. The van der Waals surface area contributed by atoms with Crippen molar-refractivity contribution in [2.45, 2.75) is 58.1 Å². The maximum atomic E-state index is 11.6. The molecular formula is C13H21NO2. The molecule has 1 aliphatic carbocycles. The molecule has 0 spiro atoms. The molecule has 0 aliphatic heterocycles. The first kappa shape index (κ1) is 12.9. The molecule has 3 heteroatoms. The lowest BCUT2D eigenvalue weighted by molar-refractivity contribution is 0.0503. The van der Waals surface area contributed by atoms with E-state index in [0.29, 0.717) is 5.92 Å². The van der Waals surface area contributed by atoms with Crippen LogP contribution in [0.1, 0.15) is 46.5 Å². The van der Waals surface area contributed by atoms with Gasteiger partial charge in [-0.3, -0.25) is 0 Å². The maximum Gasteiger partial charge on any atom is 0.408 e. The van der Waals surface area contributed by atoms with Crippen LogP contribution in [0.2, 0.25) is 0 Å². The number of amides is 1. The SMILES string of the molecule is C#CC(NC(=O)OC(C)(C)C)C1CCCC1. The van der Waals surface area contributed by atoms with Gasteiger partial charge in [0.2, 0.25) is 0 Å². The summed E-state index contributed by atoms with van der Waals surface area (Å²) in [5.74, 6) is 3.06. The van der Waals surface area contributed by atoms with E-state index in [4.69, 9.17) is 11.2 Å². The van der Waals surface area contributed by atoms with Crippen molar-refractivity contribution in [3.8, 4) is 12.3 Å². The Balaban J connectivity index is 2.44. The number of ether oxygens (including phenoxy) is 1. The van der Waals surface area contributed by atoms with Crippen molar-refractivity contribution in [2.75, 3.05) is 0 Å². The normalized spacial score (nSPS) is 18.9. The molecular weight excluding hydrogens is 202 g/mol. The molecule has 90 valence electrons. The minimum Gasteiger partial charge on any atom is -0.444 e. The Morgan fingerprint density at radius 2 is 2.00 bits per heavy atom. The third-order valence-corrected chi connectivity index (χ3v) is 2.72. The number of rotatable bonds is 2. The fraction of sp³-hybridized carbons (Fsp3) is 0.769. The second kappa shape index (κ2) is 5.25. The number of carbonyl (C=O) groups is 1. The zero-order valence-corrected chi connectivity index (χ0v) is 10.4. The summed E-state index contributed by atoms with van der Waals surface area (Å²) in [7, 11) is 0. The van der Waals surface area contributed by atoms with Crippen LogP contribution in [-0.4, -0.2) is 17.7 Å². The second-order valence-corrected chi connectivity index (χ2v) is 5.34. The Morgan fingerprint density at radius 3 is 2.44 bits per heavy atom. The van der Waals surface area contributed by atoms with Crippen LogP contribution < -0.4 is 5.32 Å². The molecule has 16 heavy (non-hydrogen) atoms. The van der Waals surface area contributed by atoms with Crippen molar-refractivity contribution in [3.05, 3.63) is 0 Å². The molecule has 0 aromatic heterocycles. The summed E-state index contributed by atoms with van der Waals surface area (Å²) in [4.78, 5) is 11.6. The minimum absolute atomic E-state index is 0.183. The van der Waals surface area contributed by atoms with Crippen LogP contribution in [-0.2, 0) is 4.74 Å². The topological polar surface area (TPSA) is 38.3 Å². The lowest BCUT2D eigenvalue weighted by Gasteiger charge is -2.24. The smallest absolute Gasteiger partial charge is 0.408 e. The summed E-state index contributed by atoms with van der Waals surface area (Å²) in [6, 6.07) is -0.183. The predicted molar refractivity (Wildman–Crippen MR) is 63.9 cm³/mol. The van der Waals surface area contributed by atoms with E-state index in [-0.39, 0.29) is 6.04 Å². The predicted octanol–water partition coefficient (Wildman–Crippen LogP) is 2.70. The van der Waals surface area contributed by atoms with Crippen LogP contribution in [0.3, 0.4) is 0 Å². The van der Waals surface area contributed by atoms with E-state index in [1.165, 1.54) is 12.8 Å². The quantitative estimate of drug-likeness (QED) is 0.731. The standard InChI is InChI=1S/C13H21NO2/c1-5-11(10-8-6-7-9-10)14-12(15)16-13(2,3)4/h1,10-11H,6-9H2,2-4H3,(H,14,15). The third-order valence-electron chi connectivity index (χ3n) is 2.72. The summed E-state index contributed by atoms with van der Waals surface area (Å²) >= 11 is 0. The zero-order chi connectivity index (χ0) is 12.2. The molecule has 0 saturated heterocycles. The van der Waals surface area contributed by atoms with Gasteiger partial charge < -0.3 is 10.1 Å². The van der Waals surface area contributed by atoms with Gasteiger partial charge in [-0.15, -0.1) is 6.42 Å². The number of nitrogens with one attached hydrogen (secondary N) is 1. The van der Waals surface area contributed by atoms with Gasteiger partial charge in [0, 0.05) is 0 Å². The molecule has 1 N–H and O–H groups in total. The largest absolute Gasteiger partial charge is 0.444 e. The highest BCUT2D eigenvalue weighted by Gasteiger charge is 2.26. The van der Waals surface area contributed by atoms with E-state index in [0.717, 1.165) is 12.8 Å². The van der Waals surface area contributed by atoms with Gasteiger partial charge in [-0.05, 0) is 39.5 Å². The van der Waals surface area contributed by atoms with Gasteiger partial charge >= 0.3 is 6.09 Å². The van der Waals surface area contributed by atoms with E-state index < -0.39 is 11.7 Å². The van der Waals surface area contributed by atoms with E-state index in [1.54, 1.807) is 0 Å². The molecule has 1 aliphatic rings. The van der Waals surface area contributed by atoms with Gasteiger partial charge in [0.25, 0.3) is 0 Å². The van der Waals surface area contributed by atoms with Crippen LogP contribution >= 0.6 is 0 Å². The van der Waals surface area contributed by atoms with Crippen LogP contribution in [0.15, 0.2) is 0 Å². The average molecular weight is 223 g/mol. The van der Waals surface area contributed by atoms with Crippen LogP contribution in [0.25, 0.3) is 0 Å². The number of hydrogen-bond donors (Lipinski definition) is 1. The average Bonchev–Trinajstić information content (AvgIpc) is 2.63. The summed E-state index contributed by atoms with van der Waals surface area (Å²) in [5.41, 5.74) is -0.473. The number of hydrogen-bond acceptors (Lipinski definition) is 2. The fourth-order valence-electron chi connectivity index (χ4n) is 2.02. The Morgan fingerprint density at radius 1 is 1.44 bits per heavy atom. The number of terminal acetylenes is 1. The van der Waals surface area contributed by atoms with Gasteiger partial charge in [0.15, 0.2) is 0 Å². The molecule has 1 unspecified atom stereocenters. The van der Waals surface area contributed by atoms with E-state index in [9.17, 15) is 4.79 Å². The maximum absolute atomic E-state index is 11.6. The summed E-state index contributed by atoms with van der Waals surface area (Å²) < 4.78 is 5.18.